The highest BCUT2D eigenvalue weighted by Crippen LogP contribution is 2.25. The first-order chi connectivity index (χ1) is 9.27. The predicted octanol–water partition coefficient (Wildman–Crippen LogP) is 2.85. The Morgan fingerprint density at radius 2 is 1.90 bits per heavy atom. The van der Waals surface area contributed by atoms with E-state index in [0.29, 0.717) is 18.9 Å². The van der Waals surface area contributed by atoms with Crippen molar-refractivity contribution in [3.63, 3.8) is 0 Å². The number of carbonyl (C=O) groups excluding carboxylic acids is 1. The first kappa shape index (κ1) is 15.0. The lowest BCUT2D eigenvalue weighted by Crippen LogP contribution is -2.33. The third kappa shape index (κ3) is 3.40. The van der Waals surface area contributed by atoms with Gasteiger partial charge < -0.3 is 10.6 Å². The van der Waals surface area contributed by atoms with Gasteiger partial charge in [-0.25, -0.2) is 0 Å². The molecule has 0 spiro atoms. The van der Waals surface area contributed by atoms with Gasteiger partial charge in [-0.05, 0) is 22.5 Å². The van der Waals surface area contributed by atoms with Gasteiger partial charge in [-0.1, -0.05) is 52.0 Å². The number of rotatable bonds is 3. The predicted molar refractivity (Wildman–Crippen MR) is 82.4 cm³/mol. The zero-order valence-corrected chi connectivity index (χ0v) is 13.0. The maximum Gasteiger partial charge on any atom is 0.222 e. The van der Waals surface area contributed by atoms with Crippen LogP contribution in [0.3, 0.4) is 0 Å². The highest BCUT2D eigenvalue weighted by atomic mass is 16.2. The molecule has 1 saturated heterocycles. The fourth-order valence-electron chi connectivity index (χ4n) is 2.72. The monoisotopic (exact) mass is 274 g/mol. The Balaban J connectivity index is 2.03. The molecular formula is C17H26N2O. The summed E-state index contributed by atoms with van der Waals surface area (Å²) in [6.07, 6.45) is 0.662. The van der Waals surface area contributed by atoms with Crippen LogP contribution in [0, 0.1) is 5.92 Å². The summed E-state index contributed by atoms with van der Waals surface area (Å²) in [4.78, 5) is 13.7. The maximum absolute atomic E-state index is 11.8. The van der Waals surface area contributed by atoms with Crippen LogP contribution >= 0.6 is 0 Å². The molecule has 1 aliphatic rings. The van der Waals surface area contributed by atoms with Crippen molar-refractivity contribution in [2.75, 3.05) is 13.1 Å². The van der Waals surface area contributed by atoms with E-state index in [9.17, 15) is 4.79 Å². The average molecular weight is 274 g/mol. The quantitative estimate of drug-likeness (QED) is 0.921. The molecule has 0 aromatic heterocycles. The molecule has 1 aromatic carbocycles. The second kappa shape index (κ2) is 5.57. The number of nitrogens with zero attached hydrogens (tertiary/aromatic N) is 1. The summed E-state index contributed by atoms with van der Waals surface area (Å²) in [5, 5.41) is 0. The number of carbonyl (C=O) groups is 1. The van der Waals surface area contributed by atoms with Gasteiger partial charge in [0.25, 0.3) is 0 Å². The summed E-state index contributed by atoms with van der Waals surface area (Å²) >= 11 is 0. The summed E-state index contributed by atoms with van der Waals surface area (Å²) in [6.45, 7) is 10.2. The molecule has 2 unspecified atom stereocenters. The molecule has 2 N–H and O–H groups in total. The van der Waals surface area contributed by atoms with Crippen LogP contribution < -0.4 is 5.73 Å². The van der Waals surface area contributed by atoms with E-state index < -0.39 is 0 Å². The largest absolute Gasteiger partial charge is 0.341 e. The molecule has 2 rings (SSSR count). The molecule has 110 valence electrons. The van der Waals surface area contributed by atoms with Crippen molar-refractivity contribution < 1.29 is 4.79 Å². The number of benzene rings is 1. The second-order valence-corrected chi connectivity index (χ2v) is 7.09. The van der Waals surface area contributed by atoms with Gasteiger partial charge in [-0.15, -0.1) is 0 Å². The maximum atomic E-state index is 11.8. The minimum atomic E-state index is -0.0988. The van der Waals surface area contributed by atoms with Gasteiger partial charge in [0.2, 0.25) is 5.91 Å². The zero-order chi connectivity index (χ0) is 14.9. The van der Waals surface area contributed by atoms with Crippen molar-refractivity contribution in [2.45, 2.75) is 45.6 Å². The van der Waals surface area contributed by atoms with Crippen LogP contribution in [-0.2, 0) is 10.2 Å². The average Bonchev–Trinajstić information content (AvgIpc) is 2.67. The van der Waals surface area contributed by atoms with Crippen LogP contribution in [0.25, 0.3) is 0 Å². The molecule has 3 nitrogen and oxygen atoms in total. The van der Waals surface area contributed by atoms with Gasteiger partial charge >= 0.3 is 0 Å². The lowest BCUT2D eigenvalue weighted by atomic mass is 9.86. The van der Waals surface area contributed by atoms with Crippen molar-refractivity contribution in [3.8, 4) is 0 Å². The van der Waals surface area contributed by atoms with Crippen LogP contribution in [0.4, 0.5) is 0 Å². The van der Waals surface area contributed by atoms with E-state index in [1.807, 2.05) is 4.90 Å². The lowest BCUT2D eigenvalue weighted by Gasteiger charge is -2.23. The normalized spacial score (nSPS) is 21.4. The molecule has 0 aliphatic carbocycles. The molecule has 1 fully saturated rings. The molecular weight excluding hydrogens is 248 g/mol. The highest BCUT2D eigenvalue weighted by molar-refractivity contribution is 5.78. The molecule has 2 atom stereocenters. The first-order valence-electron chi connectivity index (χ1n) is 7.41. The van der Waals surface area contributed by atoms with Crippen molar-refractivity contribution in [1.82, 2.24) is 4.90 Å². The number of hydrogen-bond donors (Lipinski definition) is 1. The van der Waals surface area contributed by atoms with Crippen LogP contribution in [0.5, 0.6) is 0 Å². The van der Waals surface area contributed by atoms with Gasteiger partial charge in [0, 0.05) is 25.6 Å². The summed E-state index contributed by atoms with van der Waals surface area (Å²) in [5.41, 5.74) is 8.81. The van der Waals surface area contributed by atoms with Gasteiger partial charge in [0.15, 0.2) is 0 Å². The molecule has 1 heterocycles. The molecule has 1 aliphatic heterocycles. The molecule has 20 heavy (non-hydrogen) atoms. The Bertz CT molecular complexity index is 473. The van der Waals surface area contributed by atoms with Crippen molar-refractivity contribution in [2.24, 2.45) is 11.7 Å². The van der Waals surface area contributed by atoms with E-state index in [2.05, 4.69) is 52.0 Å². The second-order valence-electron chi connectivity index (χ2n) is 7.09. The number of amides is 1. The lowest BCUT2D eigenvalue weighted by molar-refractivity contribution is -0.127. The van der Waals surface area contributed by atoms with E-state index in [4.69, 9.17) is 5.73 Å². The minimum absolute atomic E-state index is 0.0988. The smallest absolute Gasteiger partial charge is 0.222 e. The third-order valence-electron chi connectivity index (χ3n) is 4.03. The minimum Gasteiger partial charge on any atom is -0.341 e. The van der Waals surface area contributed by atoms with Gasteiger partial charge in [-0.2, -0.15) is 0 Å². The molecule has 1 amide bonds. The molecule has 3 heteroatoms. The Morgan fingerprint density at radius 3 is 2.35 bits per heavy atom. The van der Waals surface area contributed by atoms with Gasteiger partial charge in [0.1, 0.15) is 0 Å². The van der Waals surface area contributed by atoms with Crippen molar-refractivity contribution >= 4 is 5.91 Å². The van der Waals surface area contributed by atoms with E-state index in [1.165, 1.54) is 5.56 Å². The van der Waals surface area contributed by atoms with Crippen LogP contribution in [0.15, 0.2) is 24.3 Å². The number of nitrogens with two attached hydrogens (primary N) is 1. The fourth-order valence-corrected chi connectivity index (χ4v) is 2.72. The van der Waals surface area contributed by atoms with Crippen molar-refractivity contribution in [3.05, 3.63) is 35.4 Å². The van der Waals surface area contributed by atoms with E-state index in [-0.39, 0.29) is 17.4 Å². The Labute approximate surface area is 122 Å². The van der Waals surface area contributed by atoms with Crippen LogP contribution in [0.1, 0.15) is 51.3 Å². The summed E-state index contributed by atoms with van der Waals surface area (Å²) in [6, 6.07) is 8.37. The van der Waals surface area contributed by atoms with Crippen molar-refractivity contribution in [1.29, 1.82) is 0 Å². The Hall–Kier alpha value is -1.35. The topological polar surface area (TPSA) is 46.3 Å². The molecule has 0 radical (unpaired) electrons. The molecule has 1 aromatic rings. The molecule has 0 bridgehead atoms. The highest BCUT2D eigenvalue weighted by Gasteiger charge is 2.27. The van der Waals surface area contributed by atoms with Crippen LogP contribution in [0.2, 0.25) is 0 Å². The number of likely N-dealkylation sites (tertiary alicyclic amines) is 1. The third-order valence-corrected chi connectivity index (χ3v) is 4.03. The number of hydrogen-bond acceptors (Lipinski definition) is 2. The van der Waals surface area contributed by atoms with Gasteiger partial charge in [0.05, 0.1) is 0 Å². The zero-order valence-electron chi connectivity index (χ0n) is 13.0. The molecule has 0 saturated carbocycles. The van der Waals surface area contributed by atoms with E-state index >= 15 is 0 Å². The van der Waals surface area contributed by atoms with Gasteiger partial charge in [-0.3, -0.25) is 4.79 Å². The standard InChI is InChI=1S/C17H26N2O/c1-12-9-16(20)19(10-12)11-15(18)13-5-7-14(8-6-13)17(2,3)4/h5-8,12,15H,9-11,18H2,1-4H3. The SMILES string of the molecule is CC1CC(=O)N(CC(N)c2ccc(C(C)(C)C)cc2)C1. The summed E-state index contributed by atoms with van der Waals surface area (Å²) in [7, 11) is 0. The Kier molecular flexibility index (Phi) is 4.19. The first-order valence-corrected chi connectivity index (χ1v) is 7.41. The van der Waals surface area contributed by atoms with E-state index in [0.717, 1.165) is 12.1 Å². The summed E-state index contributed by atoms with van der Waals surface area (Å²) < 4.78 is 0. The Morgan fingerprint density at radius 1 is 1.30 bits per heavy atom. The fraction of sp³-hybridized carbons (Fsp3) is 0.588. The summed E-state index contributed by atoms with van der Waals surface area (Å²) in [5.74, 6) is 0.692. The van der Waals surface area contributed by atoms with Crippen LogP contribution in [-0.4, -0.2) is 23.9 Å². The van der Waals surface area contributed by atoms with E-state index in [1.54, 1.807) is 0 Å².